The largest absolute Gasteiger partial charge is 0.496 e. The topological polar surface area (TPSA) is 69.0 Å². The first-order valence-corrected chi connectivity index (χ1v) is 6.96. The van der Waals surface area contributed by atoms with Gasteiger partial charge in [0, 0.05) is 11.6 Å². The fourth-order valence-electron chi connectivity index (χ4n) is 2.53. The van der Waals surface area contributed by atoms with Gasteiger partial charge in [0.15, 0.2) is 0 Å². The van der Waals surface area contributed by atoms with Gasteiger partial charge in [-0.2, -0.15) is 0 Å². The normalized spacial score (nSPS) is 14.0. The number of aromatic nitrogens is 3. The molecular formula is C15H18N4O2. The number of benzene rings is 1. The predicted octanol–water partition coefficient (Wildman–Crippen LogP) is 2.49. The molecule has 0 aliphatic heterocycles. The first-order chi connectivity index (χ1) is 10.1. The molecule has 3 rings (SSSR count). The Hall–Kier alpha value is -2.37. The minimum Gasteiger partial charge on any atom is -0.496 e. The molecule has 6 nitrogen and oxygen atoms in total. The van der Waals surface area contributed by atoms with Crippen molar-refractivity contribution in [1.82, 2.24) is 14.8 Å². The number of hydrogen-bond acceptors (Lipinski definition) is 4. The number of nitrogens with zero attached hydrogens (tertiary/aromatic N) is 3. The van der Waals surface area contributed by atoms with Crippen LogP contribution in [0, 0.1) is 13.8 Å². The molecule has 0 saturated heterocycles. The molecule has 110 valence electrons. The van der Waals surface area contributed by atoms with Crippen LogP contribution < -0.4 is 10.1 Å². The summed E-state index contributed by atoms with van der Waals surface area (Å²) >= 11 is 0. The molecule has 1 amide bonds. The van der Waals surface area contributed by atoms with Crippen LogP contribution in [0.25, 0.3) is 0 Å². The highest BCUT2D eigenvalue weighted by Crippen LogP contribution is 2.36. The monoisotopic (exact) mass is 286 g/mol. The Morgan fingerprint density at radius 1 is 1.33 bits per heavy atom. The number of nitrogens with one attached hydrogen (secondary N) is 1. The van der Waals surface area contributed by atoms with Crippen LogP contribution in [0.15, 0.2) is 18.5 Å². The fraction of sp³-hybridized carbons (Fsp3) is 0.400. The first kappa shape index (κ1) is 13.6. The van der Waals surface area contributed by atoms with Gasteiger partial charge in [-0.05, 0) is 49.9 Å². The van der Waals surface area contributed by atoms with Crippen molar-refractivity contribution in [1.29, 1.82) is 0 Å². The van der Waals surface area contributed by atoms with E-state index < -0.39 is 0 Å². The summed E-state index contributed by atoms with van der Waals surface area (Å²) in [5, 5.41) is 10.7. The Morgan fingerprint density at radius 3 is 2.57 bits per heavy atom. The van der Waals surface area contributed by atoms with Gasteiger partial charge in [0.25, 0.3) is 5.91 Å². The molecular weight excluding hydrogens is 268 g/mol. The Morgan fingerprint density at radius 2 is 2.00 bits per heavy atom. The van der Waals surface area contributed by atoms with Crippen molar-refractivity contribution in [3.05, 3.63) is 35.2 Å². The predicted molar refractivity (Wildman–Crippen MR) is 78.7 cm³/mol. The van der Waals surface area contributed by atoms with Crippen LogP contribution in [0.4, 0.5) is 5.95 Å². The molecule has 0 atom stereocenters. The molecule has 1 saturated carbocycles. The van der Waals surface area contributed by atoms with Crippen LogP contribution in [-0.2, 0) is 0 Å². The number of aryl methyl sites for hydroxylation is 2. The zero-order valence-corrected chi connectivity index (χ0v) is 12.4. The van der Waals surface area contributed by atoms with Crippen molar-refractivity contribution < 1.29 is 9.53 Å². The average Bonchev–Trinajstić information content (AvgIpc) is 3.19. The maximum absolute atomic E-state index is 12.4. The van der Waals surface area contributed by atoms with Crippen LogP contribution in [0.1, 0.15) is 40.4 Å². The molecule has 0 spiro atoms. The lowest BCUT2D eigenvalue weighted by molar-refractivity contribution is 0.102. The van der Waals surface area contributed by atoms with E-state index >= 15 is 0 Å². The highest BCUT2D eigenvalue weighted by Gasteiger charge is 2.27. The van der Waals surface area contributed by atoms with Gasteiger partial charge < -0.3 is 4.74 Å². The van der Waals surface area contributed by atoms with E-state index in [9.17, 15) is 4.79 Å². The van der Waals surface area contributed by atoms with E-state index in [-0.39, 0.29) is 5.91 Å². The van der Waals surface area contributed by atoms with Crippen LogP contribution in [0.3, 0.4) is 0 Å². The van der Waals surface area contributed by atoms with Crippen molar-refractivity contribution in [3.8, 4) is 5.75 Å². The van der Waals surface area contributed by atoms with Gasteiger partial charge in [-0.15, -0.1) is 10.2 Å². The zero-order valence-electron chi connectivity index (χ0n) is 12.4. The number of carbonyl (C=O) groups excluding carboxylic acids is 1. The van der Waals surface area contributed by atoms with E-state index in [1.807, 2.05) is 30.5 Å². The summed E-state index contributed by atoms with van der Waals surface area (Å²) in [5.41, 5.74) is 2.47. The molecule has 1 heterocycles. The SMILES string of the molecule is COc1c(C)cc(C(=O)Nc2nncn2C2CC2)cc1C. The Kier molecular flexibility index (Phi) is 3.37. The maximum atomic E-state index is 12.4. The molecule has 1 aromatic carbocycles. The van der Waals surface area contributed by atoms with Gasteiger partial charge in [0.2, 0.25) is 5.95 Å². The highest BCUT2D eigenvalue weighted by atomic mass is 16.5. The Bertz CT molecular complexity index is 666. The molecule has 1 N–H and O–H groups in total. The van der Waals surface area contributed by atoms with Crippen LogP contribution in [0.5, 0.6) is 5.75 Å². The van der Waals surface area contributed by atoms with Crippen molar-refractivity contribution in [2.75, 3.05) is 12.4 Å². The number of carbonyl (C=O) groups is 1. The molecule has 1 fully saturated rings. The van der Waals surface area contributed by atoms with E-state index in [0.717, 1.165) is 29.7 Å². The van der Waals surface area contributed by atoms with Gasteiger partial charge in [0.05, 0.1) is 7.11 Å². The summed E-state index contributed by atoms with van der Waals surface area (Å²) in [6, 6.07) is 4.06. The zero-order chi connectivity index (χ0) is 15.0. The molecule has 1 aromatic heterocycles. The number of amides is 1. The quantitative estimate of drug-likeness (QED) is 0.937. The minimum absolute atomic E-state index is 0.182. The third kappa shape index (κ3) is 2.61. The van der Waals surface area contributed by atoms with Crippen molar-refractivity contribution in [3.63, 3.8) is 0 Å². The van der Waals surface area contributed by atoms with E-state index in [0.29, 0.717) is 17.6 Å². The van der Waals surface area contributed by atoms with E-state index in [1.165, 1.54) is 0 Å². The van der Waals surface area contributed by atoms with Gasteiger partial charge in [-0.1, -0.05) is 0 Å². The van der Waals surface area contributed by atoms with E-state index in [4.69, 9.17) is 4.74 Å². The van der Waals surface area contributed by atoms with Gasteiger partial charge >= 0.3 is 0 Å². The number of methoxy groups -OCH3 is 1. The molecule has 0 unspecified atom stereocenters. The lowest BCUT2D eigenvalue weighted by Gasteiger charge is -2.11. The second kappa shape index (κ2) is 5.20. The molecule has 21 heavy (non-hydrogen) atoms. The summed E-state index contributed by atoms with van der Waals surface area (Å²) in [5.74, 6) is 1.14. The molecule has 6 heteroatoms. The number of ether oxygens (including phenoxy) is 1. The van der Waals surface area contributed by atoms with Gasteiger partial charge in [-0.3, -0.25) is 14.7 Å². The molecule has 2 aromatic rings. The summed E-state index contributed by atoms with van der Waals surface area (Å²) < 4.78 is 7.23. The summed E-state index contributed by atoms with van der Waals surface area (Å²) in [7, 11) is 1.63. The smallest absolute Gasteiger partial charge is 0.258 e. The van der Waals surface area contributed by atoms with Crippen LogP contribution >= 0.6 is 0 Å². The lowest BCUT2D eigenvalue weighted by atomic mass is 10.1. The lowest BCUT2D eigenvalue weighted by Crippen LogP contribution is -2.16. The van der Waals surface area contributed by atoms with Crippen molar-refractivity contribution in [2.24, 2.45) is 0 Å². The maximum Gasteiger partial charge on any atom is 0.258 e. The summed E-state index contributed by atoms with van der Waals surface area (Å²) in [4.78, 5) is 12.4. The van der Waals surface area contributed by atoms with E-state index in [1.54, 1.807) is 13.4 Å². The molecule has 1 aliphatic rings. The summed E-state index contributed by atoms with van der Waals surface area (Å²) in [6.07, 6.45) is 3.89. The second-order valence-corrected chi connectivity index (χ2v) is 5.39. The van der Waals surface area contributed by atoms with Gasteiger partial charge in [-0.25, -0.2) is 0 Å². The fourth-order valence-corrected chi connectivity index (χ4v) is 2.53. The molecule has 1 aliphatic carbocycles. The number of anilines is 1. The van der Waals surface area contributed by atoms with Crippen molar-refractivity contribution in [2.45, 2.75) is 32.7 Å². The summed E-state index contributed by atoms with van der Waals surface area (Å²) in [6.45, 7) is 3.85. The first-order valence-electron chi connectivity index (χ1n) is 6.96. The highest BCUT2D eigenvalue weighted by molar-refractivity contribution is 6.03. The third-order valence-corrected chi connectivity index (χ3v) is 3.67. The Balaban J connectivity index is 1.83. The number of hydrogen-bond donors (Lipinski definition) is 1. The number of rotatable bonds is 4. The van der Waals surface area contributed by atoms with E-state index in [2.05, 4.69) is 15.5 Å². The Labute approximate surface area is 123 Å². The third-order valence-electron chi connectivity index (χ3n) is 3.67. The van der Waals surface area contributed by atoms with Gasteiger partial charge in [0.1, 0.15) is 12.1 Å². The average molecular weight is 286 g/mol. The van der Waals surface area contributed by atoms with Crippen LogP contribution in [0.2, 0.25) is 0 Å². The minimum atomic E-state index is -0.182. The molecule has 0 bridgehead atoms. The standard InChI is InChI=1S/C15H18N4O2/c1-9-6-11(7-10(2)13(9)21-3)14(20)17-15-18-16-8-19(15)12-4-5-12/h6-8,12H,4-5H2,1-3H3,(H,17,18,20). The van der Waals surface area contributed by atoms with Crippen LogP contribution in [-0.4, -0.2) is 27.8 Å². The second-order valence-electron chi connectivity index (χ2n) is 5.39. The molecule has 0 radical (unpaired) electrons. The van der Waals surface area contributed by atoms with Crippen molar-refractivity contribution >= 4 is 11.9 Å².